The maximum Gasteiger partial charge on any atom is 0.402 e. The quantitative estimate of drug-likeness (QED) is 0.222. The lowest BCUT2D eigenvalue weighted by atomic mass is 10.1. The molecule has 3 rings (SSSR count). The summed E-state index contributed by atoms with van der Waals surface area (Å²) in [6.07, 6.45) is 1.43. The molecule has 2 aromatic heterocycles. The summed E-state index contributed by atoms with van der Waals surface area (Å²) in [5.41, 5.74) is 17.4. The summed E-state index contributed by atoms with van der Waals surface area (Å²) in [7, 11) is -3.83. The van der Waals surface area contributed by atoms with E-state index in [1.807, 2.05) is 0 Å². The van der Waals surface area contributed by atoms with Crippen LogP contribution in [-0.2, 0) is 18.3 Å². The zero-order valence-electron chi connectivity index (χ0n) is 16.4. The first-order valence-electron chi connectivity index (χ1n) is 9.66. The number of anilines is 1. The fraction of sp³-hybridized carbons (Fsp3) is 0.688. The van der Waals surface area contributed by atoms with E-state index in [-0.39, 0.29) is 19.0 Å². The van der Waals surface area contributed by atoms with E-state index >= 15 is 0 Å². The van der Waals surface area contributed by atoms with Gasteiger partial charge in [0.15, 0.2) is 17.7 Å². The minimum absolute atomic E-state index is 0.177. The van der Waals surface area contributed by atoms with E-state index in [9.17, 15) is 14.8 Å². The fourth-order valence-electron chi connectivity index (χ4n) is 3.16. The molecule has 0 radical (unpaired) electrons. The van der Waals surface area contributed by atoms with Crippen molar-refractivity contribution in [1.29, 1.82) is 0 Å². The highest BCUT2D eigenvalue weighted by atomic mass is 31.2. The van der Waals surface area contributed by atoms with Crippen molar-refractivity contribution in [2.24, 2.45) is 11.2 Å². The molecule has 1 fully saturated rings. The fourth-order valence-corrected chi connectivity index (χ4v) is 3.97. The van der Waals surface area contributed by atoms with E-state index in [4.69, 9.17) is 30.8 Å². The Kier molecular flexibility index (Phi) is 7.71. The Morgan fingerprint density at radius 2 is 1.90 bits per heavy atom. The van der Waals surface area contributed by atoms with Gasteiger partial charge < -0.3 is 26.4 Å². The Morgan fingerprint density at radius 1 is 1.13 bits per heavy atom. The van der Waals surface area contributed by atoms with Gasteiger partial charge in [0.05, 0.1) is 19.5 Å². The molecule has 30 heavy (non-hydrogen) atoms. The van der Waals surface area contributed by atoms with E-state index in [0.29, 0.717) is 24.1 Å². The zero-order valence-corrected chi connectivity index (χ0v) is 17.3. The normalized spacial score (nSPS) is 26.3. The van der Waals surface area contributed by atoms with Crippen LogP contribution in [0.1, 0.15) is 31.9 Å². The summed E-state index contributed by atoms with van der Waals surface area (Å²) in [6, 6.07) is 0. The number of nitrogen functional groups attached to an aromatic ring is 1. The SMILES string of the molecule is NCCCCCCOP(N)(=O)OC[C@H]1O[C@@H](n2cnc3c(N)ncnc32)[C@H](O)[C@@H]1O. The van der Waals surface area contributed by atoms with Crippen LogP contribution in [0.25, 0.3) is 11.2 Å². The lowest BCUT2D eigenvalue weighted by molar-refractivity contribution is -0.0491. The molecule has 1 unspecified atom stereocenters. The number of aromatic nitrogens is 4. The van der Waals surface area contributed by atoms with Gasteiger partial charge in [0, 0.05) is 0 Å². The van der Waals surface area contributed by atoms with Crippen molar-refractivity contribution < 1.29 is 28.6 Å². The summed E-state index contributed by atoms with van der Waals surface area (Å²) in [6.45, 7) is 0.477. The van der Waals surface area contributed by atoms with Crippen LogP contribution in [0.15, 0.2) is 12.7 Å². The van der Waals surface area contributed by atoms with Gasteiger partial charge in [-0.15, -0.1) is 0 Å². The van der Waals surface area contributed by atoms with Crippen LogP contribution in [0.3, 0.4) is 0 Å². The van der Waals surface area contributed by atoms with Crippen LogP contribution in [0, 0.1) is 0 Å². The number of aliphatic hydroxyl groups excluding tert-OH is 2. The van der Waals surface area contributed by atoms with Crippen molar-refractivity contribution in [1.82, 2.24) is 19.5 Å². The summed E-state index contributed by atoms with van der Waals surface area (Å²) in [4.78, 5) is 12.1. The van der Waals surface area contributed by atoms with E-state index in [1.54, 1.807) is 0 Å². The third-order valence-electron chi connectivity index (χ3n) is 4.79. The zero-order chi connectivity index (χ0) is 21.7. The minimum atomic E-state index is -3.83. The average Bonchev–Trinajstić information content (AvgIpc) is 3.26. The number of hydrogen-bond acceptors (Lipinski definition) is 11. The molecule has 0 amide bonds. The van der Waals surface area contributed by atoms with Crippen molar-refractivity contribution in [2.45, 2.75) is 50.2 Å². The van der Waals surface area contributed by atoms with Gasteiger partial charge in [-0.25, -0.2) is 25.0 Å². The monoisotopic (exact) mass is 445 g/mol. The van der Waals surface area contributed by atoms with Crippen molar-refractivity contribution in [3.63, 3.8) is 0 Å². The minimum Gasteiger partial charge on any atom is -0.387 e. The van der Waals surface area contributed by atoms with Gasteiger partial charge in [-0.05, 0) is 19.4 Å². The first-order chi connectivity index (χ1) is 14.3. The van der Waals surface area contributed by atoms with E-state index in [1.165, 1.54) is 17.2 Å². The summed E-state index contributed by atoms with van der Waals surface area (Å²) in [5, 5.41) is 20.7. The molecule has 14 heteroatoms. The largest absolute Gasteiger partial charge is 0.402 e. The molecule has 1 saturated heterocycles. The lowest BCUT2D eigenvalue weighted by Crippen LogP contribution is -2.34. The summed E-state index contributed by atoms with van der Waals surface area (Å²) < 4.78 is 29.7. The highest BCUT2D eigenvalue weighted by molar-refractivity contribution is 7.51. The Hall–Kier alpha value is -1.70. The molecule has 13 nitrogen and oxygen atoms in total. The van der Waals surface area contributed by atoms with Crippen LogP contribution in [0.5, 0.6) is 0 Å². The van der Waals surface area contributed by atoms with Gasteiger partial charge in [-0.2, -0.15) is 0 Å². The highest BCUT2D eigenvalue weighted by Gasteiger charge is 2.45. The molecular weight excluding hydrogens is 417 g/mol. The smallest absolute Gasteiger partial charge is 0.387 e. The molecule has 1 aliphatic heterocycles. The number of hydrogen-bond donors (Lipinski definition) is 5. The number of rotatable bonds is 11. The average molecular weight is 445 g/mol. The number of aliphatic hydroxyl groups is 2. The van der Waals surface area contributed by atoms with Crippen LogP contribution < -0.4 is 17.0 Å². The van der Waals surface area contributed by atoms with E-state index < -0.39 is 32.3 Å². The molecule has 0 bridgehead atoms. The maximum atomic E-state index is 12.2. The Balaban J connectivity index is 1.55. The molecule has 0 saturated carbocycles. The maximum absolute atomic E-state index is 12.2. The predicted octanol–water partition coefficient (Wildman–Crippen LogP) is -0.353. The topological polar surface area (TPSA) is 207 Å². The van der Waals surface area contributed by atoms with Crippen LogP contribution in [0.4, 0.5) is 5.82 Å². The summed E-state index contributed by atoms with van der Waals surface area (Å²) >= 11 is 0. The molecule has 2 aromatic rings. The van der Waals surface area contributed by atoms with Gasteiger partial charge >= 0.3 is 7.75 Å². The third kappa shape index (κ3) is 5.31. The van der Waals surface area contributed by atoms with Crippen LogP contribution in [-0.4, -0.2) is 67.8 Å². The summed E-state index contributed by atoms with van der Waals surface area (Å²) in [5.74, 6) is 0.177. The van der Waals surface area contributed by atoms with Crippen molar-refractivity contribution in [3.05, 3.63) is 12.7 Å². The Bertz CT molecular complexity index is 883. The second kappa shape index (κ2) is 10.1. The number of unbranched alkanes of at least 4 members (excludes halogenated alkanes) is 3. The second-order valence-electron chi connectivity index (χ2n) is 7.00. The van der Waals surface area contributed by atoms with E-state index in [2.05, 4.69) is 15.0 Å². The van der Waals surface area contributed by atoms with Crippen LogP contribution >= 0.6 is 7.75 Å². The molecular formula is C16H28N7O6P. The Labute approximate surface area is 173 Å². The van der Waals surface area contributed by atoms with Crippen molar-refractivity contribution in [2.75, 3.05) is 25.5 Å². The second-order valence-corrected chi connectivity index (χ2v) is 8.60. The van der Waals surface area contributed by atoms with Gasteiger partial charge in [0.25, 0.3) is 0 Å². The number of nitrogens with two attached hydrogens (primary N) is 3. The van der Waals surface area contributed by atoms with Gasteiger partial charge in [-0.1, -0.05) is 12.8 Å². The number of nitrogens with zero attached hydrogens (tertiary/aromatic N) is 4. The number of ether oxygens (including phenoxy) is 1. The molecule has 3 heterocycles. The number of imidazole rings is 1. The molecule has 1 aliphatic rings. The third-order valence-corrected chi connectivity index (χ3v) is 5.84. The first kappa shape index (κ1) is 23.0. The lowest BCUT2D eigenvalue weighted by Gasteiger charge is -2.18. The molecule has 8 N–H and O–H groups in total. The molecule has 5 atom stereocenters. The molecule has 0 spiro atoms. The van der Waals surface area contributed by atoms with Gasteiger partial charge in [0.2, 0.25) is 0 Å². The van der Waals surface area contributed by atoms with Gasteiger partial charge in [0.1, 0.15) is 30.2 Å². The van der Waals surface area contributed by atoms with Crippen molar-refractivity contribution in [3.8, 4) is 0 Å². The molecule has 0 aliphatic carbocycles. The van der Waals surface area contributed by atoms with Crippen LogP contribution in [0.2, 0.25) is 0 Å². The highest BCUT2D eigenvalue weighted by Crippen LogP contribution is 2.41. The van der Waals surface area contributed by atoms with Crippen molar-refractivity contribution >= 4 is 24.7 Å². The van der Waals surface area contributed by atoms with E-state index in [0.717, 1.165) is 19.3 Å². The Morgan fingerprint density at radius 3 is 2.67 bits per heavy atom. The number of fused-ring (bicyclic) bond motifs is 1. The first-order valence-corrected chi connectivity index (χ1v) is 11.3. The molecule has 0 aromatic carbocycles. The standard InChI is InChI=1S/C16H28N7O6P/c17-5-3-1-2-4-6-27-30(19,26)28-7-10-12(24)13(25)16(29-10)23-9-22-11-14(18)20-8-21-15(11)23/h8-10,12-13,16,24-25H,1-7,17H2,(H2,19,26)(H2,18,20,21)/t10-,12-,13-,16-,30?/m1/s1. The predicted molar refractivity (Wildman–Crippen MR) is 107 cm³/mol. The van der Waals surface area contributed by atoms with Gasteiger partial charge in [-0.3, -0.25) is 13.6 Å². The molecule has 168 valence electrons.